The highest BCUT2D eigenvalue weighted by Gasteiger charge is 2.42. The third-order valence-corrected chi connectivity index (χ3v) is 7.46. The normalized spacial score (nSPS) is 44.9. The fourth-order valence-corrected chi connectivity index (χ4v) is 6.45. The second kappa shape index (κ2) is 5.55. The van der Waals surface area contributed by atoms with Gasteiger partial charge in [-0.05, 0) is 62.7 Å². The van der Waals surface area contributed by atoms with Crippen LogP contribution in [0.3, 0.4) is 0 Å². The van der Waals surface area contributed by atoms with E-state index in [1.54, 1.807) is 0 Å². The van der Waals surface area contributed by atoms with Gasteiger partial charge in [0.15, 0.2) is 5.17 Å². The minimum Gasteiger partial charge on any atom is -0.362 e. The first-order valence-corrected chi connectivity index (χ1v) is 9.75. The number of hydrogen-bond donors (Lipinski definition) is 1. The van der Waals surface area contributed by atoms with Crippen LogP contribution in [0.25, 0.3) is 0 Å². The number of thioether (sulfide) groups is 1. The Bertz CT molecular complexity index is 394. The first-order chi connectivity index (χ1) is 9.79. The molecule has 112 valence electrons. The summed E-state index contributed by atoms with van der Waals surface area (Å²) in [6.45, 7) is 2.40. The average Bonchev–Trinajstić information content (AvgIpc) is 3.10. The molecule has 0 spiro atoms. The quantitative estimate of drug-likeness (QED) is 0.830. The lowest BCUT2D eigenvalue weighted by molar-refractivity contribution is 0.278. The van der Waals surface area contributed by atoms with Gasteiger partial charge in [0, 0.05) is 11.8 Å². The number of nitrogens with zero attached hydrogens (tertiary/aromatic N) is 1. The smallest absolute Gasteiger partial charge is 0.157 e. The van der Waals surface area contributed by atoms with Crippen LogP contribution < -0.4 is 5.32 Å². The highest BCUT2D eigenvalue weighted by molar-refractivity contribution is 8.13. The van der Waals surface area contributed by atoms with E-state index in [-0.39, 0.29) is 0 Å². The molecule has 0 aromatic rings. The van der Waals surface area contributed by atoms with E-state index in [1.807, 2.05) is 11.8 Å². The van der Waals surface area contributed by atoms with Gasteiger partial charge in [0.1, 0.15) is 0 Å². The maximum atomic E-state index is 5.05. The Labute approximate surface area is 127 Å². The Kier molecular flexibility index (Phi) is 3.74. The van der Waals surface area contributed by atoms with E-state index in [0.29, 0.717) is 12.1 Å². The van der Waals surface area contributed by atoms with E-state index in [2.05, 4.69) is 12.2 Å². The lowest BCUT2D eigenvalue weighted by atomic mass is 9.84. The van der Waals surface area contributed by atoms with E-state index < -0.39 is 0 Å². The maximum Gasteiger partial charge on any atom is 0.157 e. The first kappa shape index (κ1) is 13.5. The predicted octanol–water partition coefficient (Wildman–Crippen LogP) is 4.06. The topological polar surface area (TPSA) is 24.4 Å². The summed E-state index contributed by atoms with van der Waals surface area (Å²) in [5.74, 6) is 5.16. The van der Waals surface area contributed by atoms with Crippen molar-refractivity contribution in [2.24, 2.45) is 28.7 Å². The third-order valence-electron chi connectivity index (χ3n) is 6.37. The Hall–Kier alpha value is -0.180. The molecule has 20 heavy (non-hydrogen) atoms. The average molecular weight is 292 g/mol. The summed E-state index contributed by atoms with van der Waals surface area (Å²) in [6, 6.07) is 1.27. The second-order valence-corrected chi connectivity index (χ2v) is 8.64. The second-order valence-electron chi connectivity index (χ2n) is 7.63. The Morgan fingerprint density at radius 2 is 2.00 bits per heavy atom. The van der Waals surface area contributed by atoms with Gasteiger partial charge in [0.05, 0.1) is 6.04 Å². The van der Waals surface area contributed by atoms with Crippen molar-refractivity contribution in [3.63, 3.8) is 0 Å². The molecule has 0 amide bonds. The molecular formula is C17H28N2S. The molecule has 1 aliphatic heterocycles. The summed E-state index contributed by atoms with van der Waals surface area (Å²) in [4.78, 5) is 5.05. The van der Waals surface area contributed by atoms with Crippen LogP contribution in [0.15, 0.2) is 4.99 Å². The Balaban J connectivity index is 1.37. The van der Waals surface area contributed by atoms with Gasteiger partial charge in [-0.1, -0.05) is 31.0 Å². The van der Waals surface area contributed by atoms with Crippen LogP contribution in [0.5, 0.6) is 0 Å². The number of amidine groups is 1. The molecule has 3 saturated carbocycles. The van der Waals surface area contributed by atoms with Crippen molar-refractivity contribution in [3.8, 4) is 0 Å². The maximum absolute atomic E-state index is 5.05. The number of rotatable bonds is 2. The molecule has 6 atom stereocenters. The van der Waals surface area contributed by atoms with E-state index in [1.165, 1.54) is 62.3 Å². The summed E-state index contributed by atoms with van der Waals surface area (Å²) in [5.41, 5.74) is 0. The monoisotopic (exact) mass is 292 g/mol. The summed E-state index contributed by atoms with van der Waals surface area (Å²) in [5, 5.41) is 5.06. The van der Waals surface area contributed by atoms with Crippen molar-refractivity contribution >= 4 is 16.9 Å². The molecule has 0 radical (unpaired) electrons. The van der Waals surface area contributed by atoms with Crippen LogP contribution in [-0.4, -0.2) is 23.0 Å². The van der Waals surface area contributed by atoms with Crippen molar-refractivity contribution in [1.29, 1.82) is 0 Å². The molecule has 0 aromatic carbocycles. The van der Waals surface area contributed by atoms with Gasteiger partial charge in [0.25, 0.3) is 0 Å². The largest absolute Gasteiger partial charge is 0.362 e. The number of hydrogen-bond acceptors (Lipinski definition) is 3. The van der Waals surface area contributed by atoms with Crippen LogP contribution in [0, 0.1) is 23.7 Å². The first-order valence-electron chi connectivity index (χ1n) is 8.76. The molecule has 0 saturated heterocycles. The molecule has 2 bridgehead atoms. The highest BCUT2D eigenvalue weighted by atomic mass is 32.2. The van der Waals surface area contributed by atoms with Crippen LogP contribution in [0.4, 0.5) is 0 Å². The Morgan fingerprint density at radius 3 is 2.80 bits per heavy atom. The lowest BCUT2D eigenvalue weighted by Crippen LogP contribution is -2.42. The van der Waals surface area contributed by atoms with Crippen molar-refractivity contribution in [2.45, 2.75) is 70.4 Å². The lowest BCUT2D eigenvalue weighted by Gasteiger charge is -2.35. The Morgan fingerprint density at radius 1 is 1.10 bits per heavy atom. The number of fused-ring (bicyclic) bond motifs is 3. The molecule has 1 N–H and O–H groups in total. The minimum absolute atomic E-state index is 0.636. The molecule has 3 aliphatic carbocycles. The fraction of sp³-hybridized carbons (Fsp3) is 0.941. The molecule has 2 nitrogen and oxygen atoms in total. The fourth-order valence-electron chi connectivity index (χ4n) is 5.21. The zero-order valence-electron chi connectivity index (χ0n) is 12.7. The molecule has 1 heterocycles. The van der Waals surface area contributed by atoms with Gasteiger partial charge in [-0.2, -0.15) is 0 Å². The van der Waals surface area contributed by atoms with Gasteiger partial charge in [0.2, 0.25) is 0 Å². The van der Waals surface area contributed by atoms with E-state index >= 15 is 0 Å². The van der Waals surface area contributed by atoms with E-state index in [4.69, 9.17) is 4.99 Å². The van der Waals surface area contributed by atoms with Crippen LogP contribution >= 0.6 is 11.8 Å². The zero-order valence-corrected chi connectivity index (χ0v) is 13.5. The van der Waals surface area contributed by atoms with Gasteiger partial charge >= 0.3 is 0 Å². The zero-order chi connectivity index (χ0) is 13.5. The summed E-state index contributed by atoms with van der Waals surface area (Å²) in [7, 11) is 0. The molecule has 4 rings (SSSR count). The van der Waals surface area contributed by atoms with Gasteiger partial charge in [-0.3, -0.25) is 4.99 Å². The van der Waals surface area contributed by atoms with E-state index in [9.17, 15) is 0 Å². The van der Waals surface area contributed by atoms with Crippen LogP contribution in [0.1, 0.15) is 58.3 Å². The molecular weight excluding hydrogens is 264 g/mol. The molecule has 4 aliphatic rings. The summed E-state index contributed by atoms with van der Waals surface area (Å²) < 4.78 is 0. The third kappa shape index (κ3) is 2.51. The van der Waals surface area contributed by atoms with Gasteiger partial charge in [-0.25, -0.2) is 0 Å². The van der Waals surface area contributed by atoms with Crippen LogP contribution in [-0.2, 0) is 0 Å². The van der Waals surface area contributed by atoms with Crippen molar-refractivity contribution in [3.05, 3.63) is 0 Å². The van der Waals surface area contributed by atoms with E-state index in [0.717, 1.165) is 23.7 Å². The van der Waals surface area contributed by atoms with Crippen molar-refractivity contribution in [2.75, 3.05) is 5.75 Å². The predicted molar refractivity (Wildman–Crippen MR) is 87.2 cm³/mol. The summed E-state index contributed by atoms with van der Waals surface area (Å²) >= 11 is 1.99. The number of aliphatic imine (C=N–C) groups is 1. The number of nitrogens with one attached hydrogen (secondary N) is 1. The van der Waals surface area contributed by atoms with Gasteiger partial charge < -0.3 is 5.32 Å². The minimum atomic E-state index is 0.636. The highest BCUT2D eigenvalue weighted by Crippen LogP contribution is 2.49. The summed E-state index contributed by atoms with van der Waals surface area (Å²) in [6.07, 6.45) is 11.6. The molecule has 3 fully saturated rings. The van der Waals surface area contributed by atoms with Crippen molar-refractivity contribution < 1.29 is 0 Å². The SMILES string of the molecule is CC(NC1=NC2CCCCC2CS1)C1CC2CCC1C2. The standard InChI is InChI=1S/C17H28N2S/c1-11(15-9-12-6-7-13(15)8-12)18-17-19-16-5-3-2-4-14(16)10-20-17/h11-16H,2-10H2,1H3,(H,18,19). The molecule has 6 unspecified atom stereocenters. The molecule has 0 aromatic heterocycles. The molecule has 3 heteroatoms. The van der Waals surface area contributed by atoms with Crippen molar-refractivity contribution in [1.82, 2.24) is 5.32 Å². The van der Waals surface area contributed by atoms with Crippen LogP contribution in [0.2, 0.25) is 0 Å². The van der Waals surface area contributed by atoms with Gasteiger partial charge in [-0.15, -0.1) is 0 Å².